The number of hydrogen-bond donors (Lipinski definition) is 3. The van der Waals surface area contributed by atoms with E-state index in [1.165, 1.54) is 25.7 Å². The average molecular weight is 534 g/mol. The highest BCUT2D eigenvalue weighted by Crippen LogP contribution is 2.39. The number of β-amino-alcohol motifs (C(OH)–C–C–N with tert-alkyl or cyclic N) is 1. The largest absolute Gasteiger partial charge is 0.444 e. The Morgan fingerprint density at radius 3 is 2.35 bits per heavy atom. The Hall–Kier alpha value is -1.77. The third-order valence-corrected chi connectivity index (χ3v) is 8.20. The fraction of sp³-hybridized carbons (Fsp3) is 0.724. The summed E-state index contributed by atoms with van der Waals surface area (Å²) in [4.78, 5) is 29.3. The van der Waals surface area contributed by atoms with Crippen LogP contribution in [-0.4, -0.2) is 70.2 Å². The molecule has 0 bridgehead atoms. The van der Waals surface area contributed by atoms with Crippen molar-refractivity contribution in [2.45, 2.75) is 108 Å². The topological polar surface area (TPSA) is 90.9 Å². The van der Waals surface area contributed by atoms with Crippen LogP contribution in [0.4, 0.5) is 4.79 Å². The molecule has 3 rings (SSSR count). The second-order valence-corrected chi connectivity index (χ2v) is 13.8. The van der Waals surface area contributed by atoms with E-state index in [0.717, 1.165) is 17.9 Å². The van der Waals surface area contributed by atoms with Crippen LogP contribution in [0.25, 0.3) is 0 Å². The summed E-state index contributed by atoms with van der Waals surface area (Å²) in [5.74, 6) is 1.63. The number of aliphatic hydroxyl groups excluding tert-OH is 1. The molecule has 8 heteroatoms. The summed E-state index contributed by atoms with van der Waals surface area (Å²) in [6.45, 7) is 12.6. The van der Waals surface area contributed by atoms with Crippen LogP contribution in [0.3, 0.4) is 0 Å². The number of fused-ring (bicyclic) bond motifs is 1. The number of benzene rings is 1. The number of nitrogens with one attached hydrogen (secondary N) is 2. The third-order valence-electron chi connectivity index (χ3n) is 7.06. The maximum Gasteiger partial charge on any atom is 0.407 e. The number of ether oxygens (including phenoxy) is 1. The van der Waals surface area contributed by atoms with Crippen LogP contribution in [0.2, 0.25) is 0 Å². The number of thioether (sulfide) groups is 1. The van der Waals surface area contributed by atoms with Gasteiger partial charge in [0, 0.05) is 29.3 Å². The van der Waals surface area contributed by atoms with Gasteiger partial charge in [-0.15, -0.1) is 11.8 Å². The van der Waals surface area contributed by atoms with Crippen LogP contribution in [0.15, 0.2) is 35.2 Å². The molecule has 3 N–H and O–H groups in total. The summed E-state index contributed by atoms with van der Waals surface area (Å²) in [7, 11) is 0. The molecule has 2 fully saturated rings. The Kier molecular flexibility index (Phi) is 10.3. The van der Waals surface area contributed by atoms with Gasteiger partial charge >= 0.3 is 6.09 Å². The van der Waals surface area contributed by atoms with Crippen molar-refractivity contribution in [1.82, 2.24) is 15.5 Å². The lowest BCUT2D eigenvalue weighted by Gasteiger charge is -2.47. The zero-order chi connectivity index (χ0) is 27.2. The normalized spacial score (nSPS) is 24.5. The molecule has 1 aromatic carbocycles. The molecule has 0 spiro atoms. The van der Waals surface area contributed by atoms with Gasteiger partial charge in [-0.05, 0) is 78.4 Å². The van der Waals surface area contributed by atoms with E-state index in [0.29, 0.717) is 24.1 Å². The van der Waals surface area contributed by atoms with Gasteiger partial charge < -0.3 is 20.5 Å². The molecule has 1 saturated heterocycles. The highest BCUT2D eigenvalue weighted by Gasteiger charge is 2.41. The highest BCUT2D eigenvalue weighted by atomic mass is 32.2. The van der Waals surface area contributed by atoms with Crippen molar-refractivity contribution in [3.05, 3.63) is 30.3 Å². The third kappa shape index (κ3) is 9.80. The standard InChI is InChI=1S/C29H47N3O4S/c1-28(2,3)31-26(34)24-16-20-12-10-11-13-21(20)17-32(24)18-25(33)23(30-27(35)36-29(4,5)6)19-37-22-14-8-7-9-15-22/h7-9,14-15,20-21,23-25,33H,10-13,16-19H2,1-6H3,(H,30,35)(H,31,34). The van der Waals surface area contributed by atoms with E-state index < -0.39 is 23.8 Å². The molecule has 2 amide bonds. The molecule has 1 saturated carbocycles. The minimum absolute atomic E-state index is 0.0269. The number of hydrogen-bond acceptors (Lipinski definition) is 6. The van der Waals surface area contributed by atoms with Gasteiger partial charge in [-0.2, -0.15) is 0 Å². The predicted molar refractivity (Wildman–Crippen MR) is 150 cm³/mol. The summed E-state index contributed by atoms with van der Waals surface area (Å²) in [6.07, 6.45) is 4.24. The number of aliphatic hydroxyl groups is 1. The summed E-state index contributed by atoms with van der Waals surface area (Å²) in [5.41, 5.74) is -0.955. The minimum Gasteiger partial charge on any atom is -0.444 e. The quantitative estimate of drug-likeness (QED) is 0.415. The van der Waals surface area contributed by atoms with E-state index >= 15 is 0 Å². The van der Waals surface area contributed by atoms with Crippen LogP contribution >= 0.6 is 11.8 Å². The second kappa shape index (κ2) is 12.9. The lowest BCUT2D eigenvalue weighted by atomic mass is 9.72. The Bertz CT molecular complexity index is 883. The average Bonchev–Trinajstić information content (AvgIpc) is 2.79. The predicted octanol–water partition coefficient (Wildman–Crippen LogP) is 4.83. The van der Waals surface area contributed by atoms with Crippen LogP contribution in [-0.2, 0) is 9.53 Å². The molecule has 5 atom stereocenters. The second-order valence-electron chi connectivity index (χ2n) is 12.7. The van der Waals surface area contributed by atoms with E-state index in [-0.39, 0.29) is 17.5 Å². The number of alkyl carbamates (subject to hydrolysis) is 1. The highest BCUT2D eigenvalue weighted by molar-refractivity contribution is 7.99. The summed E-state index contributed by atoms with van der Waals surface area (Å²) in [5, 5.41) is 17.5. The van der Waals surface area contributed by atoms with E-state index in [4.69, 9.17) is 4.74 Å². The summed E-state index contributed by atoms with van der Waals surface area (Å²) < 4.78 is 5.50. The van der Waals surface area contributed by atoms with Crippen LogP contribution in [0.1, 0.15) is 73.6 Å². The fourth-order valence-corrected chi connectivity index (χ4v) is 6.43. The first kappa shape index (κ1) is 29.8. The van der Waals surface area contributed by atoms with Gasteiger partial charge in [0.15, 0.2) is 0 Å². The molecule has 1 aliphatic heterocycles. The number of piperidine rings is 1. The number of carbonyl (C=O) groups excluding carboxylic acids is 2. The van der Waals surface area contributed by atoms with Crippen molar-refractivity contribution in [3.8, 4) is 0 Å². The molecule has 1 aliphatic carbocycles. The molecule has 208 valence electrons. The van der Waals surface area contributed by atoms with Crippen molar-refractivity contribution in [3.63, 3.8) is 0 Å². The molecular formula is C29H47N3O4S. The van der Waals surface area contributed by atoms with Crippen molar-refractivity contribution in [2.24, 2.45) is 11.8 Å². The summed E-state index contributed by atoms with van der Waals surface area (Å²) in [6, 6.07) is 9.13. The van der Waals surface area contributed by atoms with Gasteiger partial charge in [-0.1, -0.05) is 37.5 Å². The van der Waals surface area contributed by atoms with Gasteiger partial charge in [0.25, 0.3) is 0 Å². The lowest BCUT2D eigenvalue weighted by Crippen LogP contribution is -2.60. The zero-order valence-electron chi connectivity index (χ0n) is 23.5. The Morgan fingerprint density at radius 1 is 1.08 bits per heavy atom. The van der Waals surface area contributed by atoms with E-state index in [2.05, 4.69) is 15.5 Å². The molecule has 5 unspecified atom stereocenters. The Morgan fingerprint density at radius 2 is 1.73 bits per heavy atom. The van der Waals surface area contributed by atoms with E-state index in [9.17, 15) is 14.7 Å². The van der Waals surface area contributed by atoms with Gasteiger partial charge in [-0.25, -0.2) is 4.79 Å². The monoisotopic (exact) mass is 533 g/mol. The maximum absolute atomic E-state index is 13.4. The first-order valence-corrected chi connectivity index (χ1v) is 14.7. The number of nitrogens with zero attached hydrogens (tertiary/aromatic N) is 1. The molecule has 37 heavy (non-hydrogen) atoms. The van der Waals surface area contributed by atoms with Gasteiger partial charge in [-0.3, -0.25) is 9.69 Å². The molecule has 2 aliphatic rings. The van der Waals surface area contributed by atoms with Crippen LogP contribution in [0.5, 0.6) is 0 Å². The number of likely N-dealkylation sites (tertiary alicyclic amines) is 1. The first-order valence-electron chi connectivity index (χ1n) is 13.7. The van der Waals surface area contributed by atoms with Gasteiger partial charge in [0.1, 0.15) is 5.60 Å². The first-order chi connectivity index (χ1) is 17.3. The molecule has 0 radical (unpaired) electrons. The smallest absolute Gasteiger partial charge is 0.407 e. The molecular weight excluding hydrogens is 486 g/mol. The van der Waals surface area contributed by atoms with Crippen molar-refractivity contribution >= 4 is 23.8 Å². The fourth-order valence-electron chi connectivity index (χ4n) is 5.41. The number of carbonyl (C=O) groups is 2. The van der Waals surface area contributed by atoms with Crippen LogP contribution in [0, 0.1) is 11.8 Å². The van der Waals surface area contributed by atoms with Gasteiger partial charge in [0.05, 0.1) is 18.2 Å². The number of amides is 2. The zero-order valence-corrected chi connectivity index (χ0v) is 24.3. The van der Waals surface area contributed by atoms with E-state index in [1.54, 1.807) is 11.8 Å². The Labute approximate surface area is 227 Å². The summed E-state index contributed by atoms with van der Waals surface area (Å²) >= 11 is 1.58. The van der Waals surface area contributed by atoms with Crippen LogP contribution < -0.4 is 10.6 Å². The SMILES string of the molecule is CC(C)(C)NC(=O)C1CC2CCCCC2CN1CC(O)C(CSc1ccccc1)NC(=O)OC(C)(C)C. The number of rotatable bonds is 8. The van der Waals surface area contributed by atoms with Crippen molar-refractivity contribution in [2.75, 3.05) is 18.8 Å². The molecule has 0 aromatic heterocycles. The van der Waals surface area contributed by atoms with Crippen molar-refractivity contribution in [1.29, 1.82) is 0 Å². The molecule has 1 heterocycles. The maximum atomic E-state index is 13.4. The lowest BCUT2D eigenvalue weighted by molar-refractivity contribution is -0.132. The molecule has 7 nitrogen and oxygen atoms in total. The van der Waals surface area contributed by atoms with E-state index in [1.807, 2.05) is 71.9 Å². The molecule has 1 aromatic rings. The van der Waals surface area contributed by atoms with Crippen molar-refractivity contribution < 1.29 is 19.4 Å². The Balaban J connectivity index is 1.75. The minimum atomic E-state index is -0.853. The van der Waals surface area contributed by atoms with Gasteiger partial charge in [0.2, 0.25) is 5.91 Å².